The molecule has 0 radical (unpaired) electrons. The smallest absolute Gasteiger partial charge is 0.178 e. The van der Waals surface area contributed by atoms with Crippen LogP contribution in [0.15, 0.2) is 24.3 Å². The Balaban J connectivity index is 0.000000371. The molecular formula is C7H5NO2. The number of nitrogens with zero attached hydrogens (tertiary/aromatic N) is 1. The van der Waals surface area contributed by atoms with Crippen LogP contribution < -0.4 is 0 Å². The largest absolute Gasteiger partial charge is 0.290 e. The summed E-state index contributed by atoms with van der Waals surface area (Å²) in [5.74, 6) is -0.241. The second kappa shape index (κ2) is 4.21. The molecule has 0 spiro atoms. The molecule has 0 aromatic carbocycles. The summed E-state index contributed by atoms with van der Waals surface area (Å²) in [6.45, 7) is 3.50. The Morgan fingerprint density at radius 3 is 1.30 bits per heavy atom. The predicted octanol–water partition coefficient (Wildman–Crippen LogP) is 0.390. The number of carbonyl (C=O) groups excluding carboxylic acids is 2. The normalized spacial score (nSPS) is 14.2. The van der Waals surface area contributed by atoms with E-state index in [4.69, 9.17) is 5.26 Å². The highest BCUT2D eigenvalue weighted by Crippen LogP contribution is 1.90. The monoisotopic (exact) mass is 135 g/mol. The van der Waals surface area contributed by atoms with Crippen molar-refractivity contribution in [2.45, 2.75) is 0 Å². The van der Waals surface area contributed by atoms with E-state index in [2.05, 4.69) is 6.57 Å². The Hall–Kier alpha value is -1.69. The van der Waals surface area contributed by atoms with Crippen LogP contribution in [0.1, 0.15) is 0 Å². The van der Waals surface area contributed by atoms with E-state index in [0.717, 1.165) is 0 Å². The van der Waals surface area contributed by atoms with Gasteiger partial charge in [0.05, 0.1) is 0 Å². The number of carbonyl (C=O) groups is 2. The van der Waals surface area contributed by atoms with Crippen molar-refractivity contribution in [3.8, 4) is 6.57 Å². The molecule has 0 bridgehead atoms. The lowest BCUT2D eigenvalue weighted by Crippen LogP contribution is -1.97. The van der Waals surface area contributed by atoms with Gasteiger partial charge in [-0.25, -0.2) is 5.26 Å². The van der Waals surface area contributed by atoms with Gasteiger partial charge in [0.25, 0.3) is 0 Å². The van der Waals surface area contributed by atoms with Gasteiger partial charge in [0.15, 0.2) is 11.6 Å². The molecule has 0 fully saturated rings. The summed E-state index contributed by atoms with van der Waals surface area (Å²) in [7, 11) is 0. The lowest BCUT2D eigenvalue weighted by atomic mass is 10.2. The lowest BCUT2D eigenvalue weighted by molar-refractivity contribution is -0.113. The van der Waals surface area contributed by atoms with Gasteiger partial charge in [0.2, 0.25) is 0 Å². The minimum atomic E-state index is -0.121. The third-order valence-electron chi connectivity index (χ3n) is 0.824. The molecule has 10 heavy (non-hydrogen) atoms. The van der Waals surface area contributed by atoms with Gasteiger partial charge >= 0.3 is 0 Å². The van der Waals surface area contributed by atoms with Crippen molar-refractivity contribution in [1.29, 1.82) is 5.26 Å². The summed E-state index contributed by atoms with van der Waals surface area (Å²) in [4.78, 5) is 20.6. The van der Waals surface area contributed by atoms with Gasteiger partial charge in [-0.2, -0.15) is 0 Å². The highest BCUT2D eigenvalue weighted by molar-refractivity contribution is 6.14. The van der Waals surface area contributed by atoms with Crippen LogP contribution in [0.2, 0.25) is 0 Å². The standard InChI is InChI=1S/C6H4O2.CHN/c7-5-1-2-6(8)4-3-5;1-2/h1-4H;1H. The van der Waals surface area contributed by atoms with Crippen molar-refractivity contribution < 1.29 is 9.59 Å². The lowest BCUT2D eigenvalue weighted by Gasteiger charge is -1.87. The zero-order valence-electron chi connectivity index (χ0n) is 5.15. The molecule has 0 amide bonds. The molecule has 0 heterocycles. The molecule has 0 unspecified atom stereocenters. The fourth-order valence-corrected chi connectivity index (χ4v) is 0.440. The Bertz CT molecular complexity index is 185. The van der Waals surface area contributed by atoms with E-state index in [1.54, 1.807) is 0 Å². The van der Waals surface area contributed by atoms with Crippen molar-refractivity contribution in [3.05, 3.63) is 24.3 Å². The zero-order chi connectivity index (χ0) is 7.98. The summed E-state index contributed by atoms with van der Waals surface area (Å²) in [6.07, 6.45) is 5.01. The molecule has 1 aliphatic rings. The first-order valence-electron chi connectivity index (χ1n) is 2.49. The van der Waals surface area contributed by atoms with Gasteiger partial charge < -0.3 is 0 Å². The summed E-state index contributed by atoms with van der Waals surface area (Å²) in [5.41, 5.74) is 0. The fourth-order valence-electron chi connectivity index (χ4n) is 0.440. The fraction of sp³-hybridized carbons (Fsp3) is 0. The molecule has 0 aromatic rings. The Morgan fingerprint density at radius 1 is 0.900 bits per heavy atom. The molecule has 50 valence electrons. The van der Waals surface area contributed by atoms with Crippen LogP contribution in [0, 0.1) is 11.8 Å². The average molecular weight is 135 g/mol. The Morgan fingerprint density at radius 2 is 1.10 bits per heavy atom. The zero-order valence-corrected chi connectivity index (χ0v) is 5.15. The van der Waals surface area contributed by atoms with Crippen molar-refractivity contribution in [2.24, 2.45) is 0 Å². The van der Waals surface area contributed by atoms with Gasteiger partial charge in [0.1, 0.15) is 0 Å². The quantitative estimate of drug-likeness (QED) is 0.451. The van der Waals surface area contributed by atoms with Crippen LogP contribution >= 0.6 is 0 Å². The second-order valence-corrected chi connectivity index (χ2v) is 1.47. The van der Waals surface area contributed by atoms with Crippen LogP contribution in [0.5, 0.6) is 0 Å². The molecule has 0 atom stereocenters. The van der Waals surface area contributed by atoms with E-state index < -0.39 is 0 Å². The van der Waals surface area contributed by atoms with E-state index in [1.807, 2.05) is 0 Å². The van der Waals surface area contributed by atoms with Crippen molar-refractivity contribution >= 4 is 11.6 Å². The predicted molar refractivity (Wildman–Crippen MR) is 35.0 cm³/mol. The Labute approximate surface area is 58.3 Å². The molecule has 3 nitrogen and oxygen atoms in total. The molecule has 0 saturated heterocycles. The maximum atomic E-state index is 10.3. The average Bonchev–Trinajstić information content (AvgIpc) is 2.00. The minimum Gasteiger partial charge on any atom is -0.290 e. The number of ketones is 2. The van der Waals surface area contributed by atoms with E-state index >= 15 is 0 Å². The molecule has 1 aliphatic carbocycles. The summed E-state index contributed by atoms with van der Waals surface area (Å²) >= 11 is 0. The van der Waals surface area contributed by atoms with Gasteiger partial charge in [-0.15, -0.1) is 0 Å². The van der Waals surface area contributed by atoms with Crippen molar-refractivity contribution in [1.82, 2.24) is 0 Å². The van der Waals surface area contributed by atoms with E-state index in [1.165, 1.54) is 24.3 Å². The first kappa shape index (κ1) is 8.31. The molecule has 0 N–H and O–H groups in total. The highest BCUT2D eigenvalue weighted by atomic mass is 16.1. The maximum Gasteiger partial charge on any atom is 0.178 e. The molecule has 1 rings (SSSR count). The Kier molecular flexibility index (Phi) is 3.50. The summed E-state index contributed by atoms with van der Waals surface area (Å²) < 4.78 is 0. The first-order valence-corrected chi connectivity index (χ1v) is 2.49. The van der Waals surface area contributed by atoms with Gasteiger partial charge in [0, 0.05) is 6.57 Å². The summed E-state index contributed by atoms with van der Waals surface area (Å²) in [5, 5.41) is 6.50. The third kappa shape index (κ3) is 2.58. The van der Waals surface area contributed by atoms with Gasteiger partial charge in [-0.3, -0.25) is 9.59 Å². The number of allylic oxidation sites excluding steroid dienone is 4. The number of nitriles is 1. The minimum absolute atomic E-state index is 0.121. The highest BCUT2D eigenvalue weighted by Gasteiger charge is 1.97. The first-order chi connectivity index (χ1) is 4.79. The van der Waals surface area contributed by atoms with Gasteiger partial charge in [-0.1, -0.05) is 0 Å². The van der Waals surface area contributed by atoms with Crippen LogP contribution in [-0.2, 0) is 9.59 Å². The topological polar surface area (TPSA) is 57.9 Å². The molecule has 3 heteroatoms. The SMILES string of the molecule is C#N.O=C1C=CC(=O)C=C1. The van der Waals surface area contributed by atoms with E-state index in [-0.39, 0.29) is 11.6 Å². The number of hydrogen-bond acceptors (Lipinski definition) is 3. The maximum absolute atomic E-state index is 10.3. The number of rotatable bonds is 0. The van der Waals surface area contributed by atoms with Crippen LogP contribution in [-0.4, -0.2) is 11.6 Å². The van der Waals surface area contributed by atoms with Crippen LogP contribution in [0.3, 0.4) is 0 Å². The summed E-state index contributed by atoms with van der Waals surface area (Å²) in [6, 6.07) is 0. The van der Waals surface area contributed by atoms with E-state index in [0.29, 0.717) is 0 Å². The molecule has 0 saturated carbocycles. The van der Waals surface area contributed by atoms with Crippen LogP contribution in [0.25, 0.3) is 0 Å². The number of hydrogen-bond donors (Lipinski definition) is 0. The van der Waals surface area contributed by atoms with Crippen molar-refractivity contribution in [3.63, 3.8) is 0 Å². The third-order valence-corrected chi connectivity index (χ3v) is 0.824. The van der Waals surface area contributed by atoms with E-state index in [9.17, 15) is 9.59 Å². The van der Waals surface area contributed by atoms with Gasteiger partial charge in [-0.05, 0) is 24.3 Å². The molecular weight excluding hydrogens is 130 g/mol. The molecule has 0 aliphatic heterocycles. The van der Waals surface area contributed by atoms with Crippen LogP contribution in [0.4, 0.5) is 0 Å². The second-order valence-electron chi connectivity index (χ2n) is 1.47. The molecule has 0 aromatic heterocycles. The van der Waals surface area contributed by atoms with Crippen molar-refractivity contribution in [2.75, 3.05) is 0 Å².